The van der Waals surface area contributed by atoms with Crippen molar-refractivity contribution < 1.29 is 23.9 Å². The van der Waals surface area contributed by atoms with Gasteiger partial charge in [0.1, 0.15) is 0 Å². The van der Waals surface area contributed by atoms with Crippen molar-refractivity contribution in [2.24, 2.45) is 0 Å². The molecule has 0 radical (unpaired) electrons. The summed E-state index contributed by atoms with van der Waals surface area (Å²) in [7, 11) is 3.61. The average Bonchev–Trinajstić information content (AvgIpc) is 3.10. The van der Waals surface area contributed by atoms with Gasteiger partial charge >= 0.3 is 0 Å². The summed E-state index contributed by atoms with van der Waals surface area (Å²) in [5.41, 5.74) is 2.64. The Kier molecular flexibility index (Phi) is 4.38. The fourth-order valence-electron chi connectivity index (χ4n) is 3.63. The second-order valence-electron chi connectivity index (χ2n) is 6.49. The molecular formula is C19H20ClN2O4+. The van der Waals surface area contributed by atoms with E-state index in [1.165, 1.54) is 0 Å². The molecule has 2 aromatic rings. The van der Waals surface area contributed by atoms with Crippen molar-refractivity contribution in [1.82, 2.24) is 0 Å². The number of fused-ring (bicyclic) bond motifs is 2. The molecule has 2 aromatic carbocycles. The maximum atomic E-state index is 13.1. The first-order valence-corrected chi connectivity index (χ1v) is 8.84. The van der Waals surface area contributed by atoms with Gasteiger partial charge in [0.15, 0.2) is 17.5 Å². The molecule has 0 bridgehead atoms. The quantitative estimate of drug-likeness (QED) is 0.859. The van der Waals surface area contributed by atoms with Crippen molar-refractivity contribution in [3.63, 3.8) is 0 Å². The van der Waals surface area contributed by atoms with Crippen LogP contribution in [0.15, 0.2) is 30.3 Å². The number of halogens is 1. The van der Waals surface area contributed by atoms with Crippen LogP contribution in [0.5, 0.6) is 17.2 Å². The number of hydrogen-bond acceptors (Lipinski definition) is 4. The van der Waals surface area contributed by atoms with Crippen LogP contribution < -0.4 is 24.4 Å². The van der Waals surface area contributed by atoms with Gasteiger partial charge < -0.3 is 24.4 Å². The maximum absolute atomic E-state index is 13.1. The second kappa shape index (κ2) is 6.70. The number of nitrogens with one attached hydrogen (secondary N) is 2. The first-order chi connectivity index (χ1) is 12.6. The summed E-state index contributed by atoms with van der Waals surface area (Å²) in [6, 6.07) is 8.64. The van der Waals surface area contributed by atoms with Crippen molar-refractivity contribution in [1.29, 1.82) is 0 Å². The lowest BCUT2D eigenvalue weighted by molar-refractivity contribution is -0.904. The smallest absolute Gasteiger partial charge is 0.287 e. The first-order valence-electron chi connectivity index (χ1n) is 8.46. The minimum atomic E-state index is -0.404. The molecule has 2 N–H and O–H groups in total. The van der Waals surface area contributed by atoms with Crippen LogP contribution in [0, 0.1) is 0 Å². The zero-order valence-corrected chi connectivity index (χ0v) is 15.4. The van der Waals surface area contributed by atoms with Gasteiger partial charge in [-0.05, 0) is 35.9 Å². The van der Waals surface area contributed by atoms with Gasteiger partial charge in [-0.25, -0.2) is 0 Å². The molecule has 2 aliphatic heterocycles. The Hall–Kier alpha value is -2.44. The molecule has 136 valence electrons. The van der Waals surface area contributed by atoms with Gasteiger partial charge in [0.25, 0.3) is 5.91 Å². The molecule has 6 nitrogen and oxygen atoms in total. The Balaban J connectivity index is 1.73. The van der Waals surface area contributed by atoms with E-state index in [-0.39, 0.29) is 12.7 Å². The van der Waals surface area contributed by atoms with E-state index in [0.29, 0.717) is 28.0 Å². The fourth-order valence-corrected chi connectivity index (χ4v) is 3.75. The minimum Gasteiger partial charge on any atom is -0.492 e. The summed E-state index contributed by atoms with van der Waals surface area (Å²) >= 11 is 5.92. The van der Waals surface area contributed by atoms with Crippen LogP contribution in [0.3, 0.4) is 0 Å². The Morgan fingerprint density at radius 2 is 2.08 bits per heavy atom. The van der Waals surface area contributed by atoms with Crippen LogP contribution >= 0.6 is 11.6 Å². The molecule has 0 saturated carbocycles. The molecule has 0 fully saturated rings. The topological polar surface area (TPSA) is 61.2 Å². The van der Waals surface area contributed by atoms with E-state index in [1.54, 1.807) is 31.4 Å². The molecular weight excluding hydrogens is 356 g/mol. The van der Waals surface area contributed by atoms with Crippen molar-refractivity contribution in [3.8, 4) is 17.2 Å². The zero-order valence-electron chi connectivity index (χ0n) is 14.6. The highest BCUT2D eigenvalue weighted by Gasteiger charge is 2.40. The van der Waals surface area contributed by atoms with Gasteiger partial charge in [0.05, 0.1) is 26.3 Å². The van der Waals surface area contributed by atoms with Gasteiger partial charge in [0, 0.05) is 17.1 Å². The Labute approximate surface area is 156 Å². The fraction of sp³-hybridized carbons (Fsp3) is 0.316. The standard InChI is InChI=1S/C19H19ClN2O4/c1-22-8-7-11-9-14-17(26-10-25-14)18(24-2)15(11)16(22)19(23)21-13-5-3-12(20)4-6-13/h3-6,9,16H,7-8,10H2,1-2H3,(H,21,23)/p+1/t16-/m1/s1. The highest BCUT2D eigenvalue weighted by Crippen LogP contribution is 2.47. The second-order valence-corrected chi connectivity index (χ2v) is 6.93. The number of carbonyl (C=O) groups excluding carboxylic acids is 1. The number of carbonyl (C=O) groups is 1. The van der Waals surface area contributed by atoms with Crippen LogP contribution in [-0.2, 0) is 11.2 Å². The number of ether oxygens (including phenoxy) is 3. The molecule has 0 aromatic heterocycles. The van der Waals surface area contributed by atoms with E-state index in [9.17, 15) is 4.79 Å². The number of methoxy groups -OCH3 is 1. The summed E-state index contributed by atoms with van der Waals surface area (Å²) in [6.07, 6.45) is 0.846. The molecule has 1 unspecified atom stereocenters. The van der Waals surface area contributed by atoms with E-state index in [2.05, 4.69) is 5.32 Å². The molecule has 1 amide bonds. The summed E-state index contributed by atoms with van der Waals surface area (Å²) in [5, 5.41) is 3.61. The summed E-state index contributed by atoms with van der Waals surface area (Å²) in [4.78, 5) is 14.2. The van der Waals surface area contributed by atoms with E-state index in [4.69, 9.17) is 25.8 Å². The van der Waals surface area contributed by atoms with Gasteiger partial charge in [-0.3, -0.25) is 4.79 Å². The van der Waals surface area contributed by atoms with E-state index in [1.807, 2.05) is 13.1 Å². The van der Waals surface area contributed by atoms with Crippen molar-refractivity contribution in [2.45, 2.75) is 12.5 Å². The molecule has 26 heavy (non-hydrogen) atoms. The minimum absolute atomic E-state index is 0.0945. The molecule has 0 spiro atoms. The number of benzene rings is 2. The van der Waals surface area contributed by atoms with Gasteiger partial charge in [-0.2, -0.15) is 0 Å². The van der Waals surface area contributed by atoms with Crippen LogP contribution in [-0.4, -0.2) is 33.4 Å². The lowest BCUT2D eigenvalue weighted by atomic mass is 9.90. The summed E-state index contributed by atoms with van der Waals surface area (Å²) in [6.45, 7) is 1.01. The molecule has 4 rings (SSSR count). The van der Waals surface area contributed by atoms with Crippen molar-refractivity contribution in [2.75, 3.05) is 32.8 Å². The van der Waals surface area contributed by atoms with Crippen LogP contribution in [0.1, 0.15) is 17.2 Å². The number of rotatable bonds is 3. The number of likely N-dealkylation sites (N-methyl/N-ethyl adjacent to an activating group) is 1. The number of anilines is 1. The predicted molar refractivity (Wildman–Crippen MR) is 97.4 cm³/mol. The zero-order chi connectivity index (χ0) is 18.3. The lowest BCUT2D eigenvalue weighted by Gasteiger charge is -2.32. The van der Waals surface area contributed by atoms with Crippen molar-refractivity contribution in [3.05, 3.63) is 46.5 Å². The van der Waals surface area contributed by atoms with E-state index in [0.717, 1.165) is 29.0 Å². The largest absolute Gasteiger partial charge is 0.492 e. The third kappa shape index (κ3) is 2.85. The molecule has 7 heteroatoms. The average molecular weight is 376 g/mol. The van der Waals surface area contributed by atoms with Gasteiger partial charge in [-0.1, -0.05) is 11.6 Å². The number of quaternary nitrogens is 1. The Morgan fingerprint density at radius 3 is 2.81 bits per heavy atom. The molecule has 0 aliphatic carbocycles. The molecule has 2 heterocycles. The van der Waals surface area contributed by atoms with Gasteiger partial charge in [-0.15, -0.1) is 0 Å². The summed E-state index contributed by atoms with van der Waals surface area (Å²) < 4.78 is 16.7. The number of amides is 1. The molecule has 2 aliphatic rings. The number of hydrogen-bond donors (Lipinski definition) is 2. The van der Waals surface area contributed by atoms with Crippen LogP contribution in [0.2, 0.25) is 5.02 Å². The first kappa shape index (κ1) is 17.0. The normalized spacial score (nSPS) is 20.4. The molecule has 0 saturated heterocycles. The maximum Gasteiger partial charge on any atom is 0.287 e. The third-order valence-corrected chi connectivity index (χ3v) is 5.14. The Bertz CT molecular complexity index is 854. The van der Waals surface area contributed by atoms with Gasteiger partial charge in [0.2, 0.25) is 12.5 Å². The predicted octanol–water partition coefficient (Wildman–Crippen LogP) is 1.83. The van der Waals surface area contributed by atoms with Crippen molar-refractivity contribution >= 4 is 23.2 Å². The summed E-state index contributed by atoms with van der Waals surface area (Å²) in [5.74, 6) is 1.75. The van der Waals surface area contributed by atoms with Crippen LogP contribution in [0.4, 0.5) is 5.69 Å². The van der Waals surface area contributed by atoms with Crippen LogP contribution in [0.25, 0.3) is 0 Å². The van der Waals surface area contributed by atoms with E-state index < -0.39 is 6.04 Å². The highest BCUT2D eigenvalue weighted by atomic mass is 35.5. The lowest BCUT2D eigenvalue weighted by Crippen LogP contribution is -3.11. The highest BCUT2D eigenvalue weighted by molar-refractivity contribution is 6.30. The monoisotopic (exact) mass is 375 g/mol. The third-order valence-electron chi connectivity index (χ3n) is 4.89. The van der Waals surface area contributed by atoms with E-state index >= 15 is 0 Å². The molecule has 2 atom stereocenters. The Morgan fingerprint density at radius 1 is 1.31 bits per heavy atom. The SMILES string of the molecule is COc1c2c(cc3c1[C@H](C(=O)Nc1ccc(Cl)cc1)[NH+](C)CC3)OCO2.